The van der Waals surface area contributed by atoms with Gasteiger partial charge in [0.2, 0.25) is 0 Å². The van der Waals surface area contributed by atoms with Crippen LogP contribution in [0.1, 0.15) is 61.8 Å². The molecule has 124 valence electrons. The predicted octanol–water partition coefficient (Wildman–Crippen LogP) is 3.47. The molecule has 2 rings (SSSR count). The van der Waals surface area contributed by atoms with E-state index in [1.54, 1.807) is 6.20 Å². The first-order valence-electron chi connectivity index (χ1n) is 8.32. The molecule has 2 heterocycles. The molecule has 0 saturated heterocycles. The molecule has 0 radical (unpaired) electrons. The minimum atomic E-state index is 0.0388. The highest BCUT2D eigenvalue weighted by atomic mass is 16.2. The van der Waals surface area contributed by atoms with Gasteiger partial charge in [-0.2, -0.15) is 5.10 Å². The second kappa shape index (κ2) is 7.90. The molecule has 2 aromatic rings. The third-order valence-corrected chi connectivity index (χ3v) is 3.79. The minimum Gasteiger partial charge on any atom is -0.333 e. The molecule has 0 aliphatic carbocycles. The van der Waals surface area contributed by atoms with Gasteiger partial charge in [-0.1, -0.05) is 26.8 Å². The lowest BCUT2D eigenvalue weighted by Crippen LogP contribution is -2.33. The molecule has 2 aromatic heterocycles. The number of hydrogen-bond acceptors (Lipinski definition) is 3. The van der Waals surface area contributed by atoms with E-state index in [1.165, 1.54) is 0 Å². The molecule has 0 spiro atoms. The second-order valence-electron chi connectivity index (χ2n) is 6.01. The summed E-state index contributed by atoms with van der Waals surface area (Å²) in [6.07, 6.45) is 4.48. The van der Waals surface area contributed by atoms with E-state index in [9.17, 15) is 4.79 Å². The van der Waals surface area contributed by atoms with Crippen molar-refractivity contribution in [2.45, 2.75) is 53.1 Å². The summed E-state index contributed by atoms with van der Waals surface area (Å²) in [5, 5.41) is 4.56. The Hall–Kier alpha value is -2.17. The fourth-order valence-electron chi connectivity index (χ4n) is 2.53. The van der Waals surface area contributed by atoms with Crippen molar-refractivity contribution in [3.8, 4) is 0 Å². The van der Waals surface area contributed by atoms with Crippen molar-refractivity contribution in [3.05, 3.63) is 47.5 Å². The SMILES string of the molecule is CCCN(Cc1cccnc1)C(=O)c1cc(C(C)C)nn1CC. The summed E-state index contributed by atoms with van der Waals surface area (Å²) in [5.41, 5.74) is 2.68. The minimum absolute atomic E-state index is 0.0388. The maximum Gasteiger partial charge on any atom is 0.272 e. The van der Waals surface area contributed by atoms with Crippen LogP contribution in [0.4, 0.5) is 0 Å². The van der Waals surface area contributed by atoms with Crippen molar-refractivity contribution in [2.75, 3.05) is 6.54 Å². The lowest BCUT2D eigenvalue weighted by atomic mass is 10.1. The van der Waals surface area contributed by atoms with Gasteiger partial charge in [-0.05, 0) is 37.0 Å². The van der Waals surface area contributed by atoms with E-state index in [1.807, 2.05) is 40.9 Å². The molecule has 0 aliphatic heterocycles. The third kappa shape index (κ3) is 4.18. The molecule has 0 fully saturated rings. The topological polar surface area (TPSA) is 51.0 Å². The van der Waals surface area contributed by atoms with E-state index < -0.39 is 0 Å². The highest BCUT2D eigenvalue weighted by Crippen LogP contribution is 2.17. The van der Waals surface area contributed by atoms with E-state index in [4.69, 9.17) is 0 Å². The van der Waals surface area contributed by atoms with Gasteiger partial charge in [-0.15, -0.1) is 0 Å². The Kier molecular flexibility index (Phi) is 5.90. The maximum atomic E-state index is 13.0. The predicted molar refractivity (Wildman–Crippen MR) is 91.3 cm³/mol. The summed E-state index contributed by atoms with van der Waals surface area (Å²) >= 11 is 0. The highest BCUT2D eigenvalue weighted by Gasteiger charge is 2.21. The summed E-state index contributed by atoms with van der Waals surface area (Å²) in [4.78, 5) is 19.0. The fourth-order valence-corrected chi connectivity index (χ4v) is 2.53. The molecule has 0 bridgehead atoms. The van der Waals surface area contributed by atoms with Crippen LogP contribution >= 0.6 is 0 Å². The monoisotopic (exact) mass is 314 g/mol. The van der Waals surface area contributed by atoms with Crippen molar-refractivity contribution in [1.82, 2.24) is 19.7 Å². The van der Waals surface area contributed by atoms with E-state index in [-0.39, 0.29) is 5.91 Å². The zero-order valence-electron chi connectivity index (χ0n) is 14.5. The van der Waals surface area contributed by atoms with Gasteiger partial charge in [-0.3, -0.25) is 14.5 Å². The van der Waals surface area contributed by atoms with Crippen LogP contribution < -0.4 is 0 Å². The first-order chi connectivity index (χ1) is 11.1. The largest absolute Gasteiger partial charge is 0.333 e. The number of aryl methyl sites for hydroxylation is 1. The number of aromatic nitrogens is 3. The molecule has 5 heteroatoms. The summed E-state index contributed by atoms with van der Waals surface area (Å²) < 4.78 is 1.81. The average molecular weight is 314 g/mol. The zero-order chi connectivity index (χ0) is 16.8. The van der Waals surface area contributed by atoms with Crippen molar-refractivity contribution >= 4 is 5.91 Å². The molecular formula is C18H26N4O. The average Bonchev–Trinajstić information content (AvgIpc) is 2.99. The number of carbonyl (C=O) groups is 1. The molecule has 23 heavy (non-hydrogen) atoms. The van der Waals surface area contributed by atoms with Crippen LogP contribution in [0.2, 0.25) is 0 Å². The van der Waals surface area contributed by atoms with Crippen LogP contribution in [-0.4, -0.2) is 32.1 Å². The third-order valence-electron chi connectivity index (χ3n) is 3.79. The first-order valence-corrected chi connectivity index (χ1v) is 8.32. The van der Waals surface area contributed by atoms with Gasteiger partial charge in [0.25, 0.3) is 5.91 Å². The van der Waals surface area contributed by atoms with E-state index in [0.29, 0.717) is 24.7 Å². The van der Waals surface area contributed by atoms with Crippen molar-refractivity contribution in [1.29, 1.82) is 0 Å². The van der Waals surface area contributed by atoms with Crippen LogP contribution in [0.15, 0.2) is 30.6 Å². The Morgan fingerprint density at radius 1 is 1.35 bits per heavy atom. The molecule has 0 aromatic carbocycles. The van der Waals surface area contributed by atoms with Gasteiger partial charge in [0.1, 0.15) is 5.69 Å². The van der Waals surface area contributed by atoms with E-state index >= 15 is 0 Å². The molecule has 0 aliphatic rings. The molecule has 0 unspecified atom stereocenters. The Labute approximate surface area is 138 Å². The quantitative estimate of drug-likeness (QED) is 0.786. The standard InChI is InChI=1S/C18H26N4O/c1-5-10-21(13-15-8-7-9-19-12-15)18(23)17-11-16(14(3)4)20-22(17)6-2/h7-9,11-12,14H,5-6,10,13H2,1-4H3. The second-order valence-corrected chi connectivity index (χ2v) is 6.01. The molecule has 0 atom stereocenters. The van der Waals surface area contributed by atoms with Gasteiger partial charge in [-0.25, -0.2) is 0 Å². The summed E-state index contributed by atoms with van der Waals surface area (Å²) in [6, 6.07) is 5.83. The molecule has 0 saturated carbocycles. The van der Waals surface area contributed by atoms with Crippen LogP contribution in [-0.2, 0) is 13.1 Å². The van der Waals surface area contributed by atoms with Crippen molar-refractivity contribution in [2.24, 2.45) is 0 Å². The van der Waals surface area contributed by atoms with Crippen molar-refractivity contribution < 1.29 is 4.79 Å². The van der Waals surface area contributed by atoms with Gasteiger partial charge >= 0.3 is 0 Å². The Morgan fingerprint density at radius 3 is 2.70 bits per heavy atom. The Balaban J connectivity index is 2.27. The highest BCUT2D eigenvalue weighted by molar-refractivity contribution is 5.92. The van der Waals surface area contributed by atoms with Gasteiger partial charge in [0.15, 0.2) is 0 Å². The molecular weight excluding hydrogens is 288 g/mol. The van der Waals surface area contributed by atoms with Crippen molar-refractivity contribution in [3.63, 3.8) is 0 Å². The maximum absolute atomic E-state index is 13.0. The lowest BCUT2D eigenvalue weighted by molar-refractivity contribution is 0.0730. The van der Waals surface area contributed by atoms with Gasteiger partial charge < -0.3 is 4.90 Å². The molecule has 5 nitrogen and oxygen atoms in total. The number of amides is 1. The number of pyridine rings is 1. The van der Waals surface area contributed by atoms with E-state index in [0.717, 1.165) is 24.2 Å². The number of hydrogen-bond donors (Lipinski definition) is 0. The Bertz CT molecular complexity index is 634. The van der Waals surface area contributed by atoms with Crippen LogP contribution in [0.25, 0.3) is 0 Å². The first kappa shape index (κ1) is 17.2. The summed E-state index contributed by atoms with van der Waals surface area (Å²) in [5.74, 6) is 0.351. The van der Waals surface area contributed by atoms with E-state index in [2.05, 4.69) is 30.9 Å². The molecule has 0 N–H and O–H groups in total. The number of rotatable bonds is 7. The lowest BCUT2D eigenvalue weighted by Gasteiger charge is -2.22. The summed E-state index contributed by atoms with van der Waals surface area (Å²) in [6.45, 7) is 10.3. The normalized spacial score (nSPS) is 11.0. The Morgan fingerprint density at radius 2 is 2.13 bits per heavy atom. The van der Waals surface area contributed by atoms with Crippen LogP contribution in [0.3, 0.4) is 0 Å². The van der Waals surface area contributed by atoms with Crippen LogP contribution in [0.5, 0.6) is 0 Å². The smallest absolute Gasteiger partial charge is 0.272 e. The fraction of sp³-hybridized carbons (Fsp3) is 0.500. The number of carbonyl (C=O) groups excluding carboxylic acids is 1. The summed E-state index contributed by atoms with van der Waals surface area (Å²) in [7, 11) is 0. The van der Waals surface area contributed by atoms with Crippen LogP contribution in [0, 0.1) is 0 Å². The van der Waals surface area contributed by atoms with Gasteiger partial charge in [0, 0.05) is 32.0 Å². The molecule has 1 amide bonds. The number of nitrogens with zero attached hydrogens (tertiary/aromatic N) is 4. The van der Waals surface area contributed by atoms with Gasteiger partial charge in [0.05, 0.1) is 5.69 Å². The zero-order valence-corrected chi connectivity index (χ0v) is 14.5.